The molecule has 3 nitrogen and oxygen atoms in total. The molecule has 0 saturated heterocycles. The van der Waals surface area contributed by atoms with Gasteiger partial charge in [0.1, 0.15) is 16.7 Å². The van der Waals surface area contributed by atoms with E-state index in [-0.39, 0.29) is 0 Å². The summed E-state index contributed by atoms with van der Waals surface area (Å²) >= 11 is 3.31. The van der Waals surface area contributed by atoms with E-state index in [0.29, 0.717) is 0 Å². The van der Waals surface area contributed by atoms with Gasteiger partial charge in [-0.25, -0.2) is 9.97 Å². The zero-order chi connectivity index (χ0) is 9.80. The molecule has 1 fully saturated rings. The molecule has 0 atom stereocenters. The Bertz CT molecular complexity index is 299. The van der Waals surface area contributed by atoms with E-state index >= 15 is 0 Å². The number of hydrogen-bond donors (Lipinski definition) is 1. The lowest BCUT2D eigenvalue weighted by molar-refractivity contribution is 0.686. The third kappa shape index (κ3) is 3.25. The summed E-state index contributed by atoms with van der Waals surface area (Å²) in [7, 11) is 0. The molecule has 1 aromatic rings. The van der Waals surface area contributed by atoms with E-state index in [0.717, 1.165) is 22.9 Å². The maximum atomic E-state index is 4.12. The molecule has 1 aromatic heterocycles. The van der Waals surface area contributed by atoms with Crippen LogP contribution in [0.25, 0.3) is 0 Å². The molecule has 1 aliphatic carbocycles. The molecule has 0 radical (unpaired) electrons. The summed E-state index contributed by atoms with van der Waals surface area (Å²) in [5.41, 5.74) is 0. The second kappa shape index (κ2) is 4.73. The average molecular weight is 256 g/mol. The van der Waals surface area contributed by atoms with Crippen LogP contribution in [0.2, 0.25) is 0 Å². The molecule has 0 spiro atoms. The van der Waals surface area contributed by atoms with Crippen molar-refractivity contribution in [1.29, 1.82) is 0 Å². The minimum Gasteiger partial charge on any atom is -0.370 e. The summed E-state index contributed by atoms with van der Waals surface area (Å²) in [6.07, 6.45) is 7.05. The number of anilines is 1. The Kier molecular flexibility index (Phi) is 3.35. The third-order valence-corrected chi connectivity index (χ3v) is 2.86. The second-order valence-electron chi connectivity index (χ2n) is 3.74. The van der Waals surface area contributed by atoms with Crippen molar-refractivity contribution >= 4 is 21.7 Å². The fourth-order valence-electron chi connectivity index (χ4n) is 1.44. The van der Waals surface area contributed by atoms with Crippen LogP contribution in [0.15, 0.2) is 17.0 Å². The Labute approximate surface area is 92.5 Å². The summed E-state index contributed by atoms with van der Waals surface area (Å²) in [5, 5.41) is 3.29. The molecular formula is C10H14BrN3. The van der Waals surface area contributed by atoms with Gasteiger partial charge in [-0.15, -0.1) is 0 Å². The Morgan fingerprint density at radius 2 is 2.29 bits per heavy atom. The monoisotopic (exact) mass is 255 g/mol. The second-order valence-corrected chi connectivity index (χ2v) is 4.55. The van der Waals surface area contributed by atoms with Crippen molar-refractivity contribution in [2.45, 2.75) is 25.7 Å². The van der Waals surface area contributed by atoms with Gasteiger partial charge in [0.25, 0.3) is 0 Å². The molecule has 0 amide bonds. The van der Waals surface area contributed by atoms with Gasteiger partial charge in [0.15, 0.2) is 0 Å². The zero-order valence-corrected chi connectivity index (χ0v) is 9.63. The van der Waals surface area contributed by atoms with Crippen LogP contribution in [0.1, 0.15) is 25.7 Å². The van der Waals surface area contributed by atoms with Crippen LogP contribution >= 0.6 is 15.9 Å². The quantitative estimate of drug-likeness (QED) is 0.650. The molecule has 0 bridgehead atoms. The predicted molar refractivity (Wildman–Crippen MR) is 60.2 cm³/mol. The molecular weight excluding hydrogens is 242 g/mol. The fourth-order valence-corrected chi connectivity index (χ4v) is 1.75. The lowest BCUT2D eigenvalue weighted by Crippen LogP contribution is -2.03. The molecule has 1 aliphatic rings. The summed E-state index contributed by atoms with van der Waals surface area (Å²) in [4.78, 5) is 8.09. The Morgan fingerprint density at radius 3 is 3.00 bits per heavy atom. The van der Waals surface area contributed by atoms with Crippen LogP contribution in [0.5, 0.6) is 0 Å². The van der Waals surface area contributed by atoms with Crippen molar-refractivity contribution in [3.63, 3.8) is 0 Å². The van der Waals surface area contributed by atoms with Crippen LogP contribution in [-0.4, -0.2) is 16.5 Å². The molecule has 2 rings (SSSR count). The smallest absolute Gasteiger partial charge is 0.130 e. The molecule has 1 heterocycles. The van der Waals surface area contributed by atoms with Gasteiger partial charge < -0.3 is 5.32 Å². The summed E-state index contributed by atoms with van der Waals surface area (Å²) in [5.74, 6) is 1.93. The van der Waals surface area contributed by atoms with E-state index in [1.54, 1.807) is 6.33 Å². The van der Waals surface area contributed by atoms with Crippen LogP contribution < -0.4 is 5.32 Å². The highest BCUT2D eigenvalue weighted by Gasteiger charge is 2.19. The Balaban J connectivity index is 1.68. The SMILES string of the molecule is Brc1cc(NCCCC2CC2)ncn1. The average Bonchev–Trinajstić information content (AvgIpc) is 2.96. The van der Waals surface area contributed by atoms with Crippen molar-refractivity contribution in [3.8, 4) is 0 Å². The van der Waals surface area contributed by atoms with Gasteiger partial charge in [-0.05, 0) is 34.7 Å². The van der Waals surface area contributed by atoms with Gasteiger partial charge in [-0.3, -0.25) is 0 Å². The van der Waals surface area contributed by atoms with E-state index in [4.69, 9.17) is 0 Å². The zero-order valence-electron chi connectivity index (χ0n) is 8.04. The molecule has 1 N–H and O–H groups in total. The van der Waals surface area contributed by atoms with Crippen LogP contribution in [0.3, 0.4) is 0 Å². The van der Waals surface area contributed by atoms with Crippen molar-refractivity contribution < 1.29 is 0 Å². The standard InChI is InChI=1S/C10H14BrN3/c11-9-6-10(14-7-13-9)12-5-1-2-8-3-4-8/h6-8H,1-5H2,(H,12,13,14). The number of aromatic nitrogens is 2. The molecule has 14 heavy (non-hydrogen) atoms. The maximum Gasteiger partial charge on any atom is 0.130 e. The van der Waals surface area contributed by atoms with E-state index in [9.17, 15) is 0 Å². The van der Waals surface area contributed by atoms with E-state index < -0.39 is 0 Å². The molecule has 76 valence electrons. The lowest BCUT2D eigenvalue weighted by Gasteiger charge is -2.04. The minimum atomic E-state index is 0.831. The Hall–Kier alpha value is -0.640. The highest BCUT2D eigenvalue weighted by Crippen LogP contribution is 2.33. The third-order valence-electron chi connectivity index (χ3n) is 2.43. The van der Waals surface area contributed by atoms with E-state index in [1.165, 1.54) is 25.7 Å². The van der Waals surface area contributed by atoms with Crippen molar-refractivity contribution in [3.05, 3.63) is 17.0 Å². The summed E-state index contributed by atoms with van der Waals surface area (Å²) in [6, 6.07) is 1.90. The van der Waals surface area contributed by atoms with Gasteiger partial charge >= 0.3 is 0 Å². The first-order valence-corrected chi connectivity index (χ1v) is 5.85. The van der Waals surface area contributed by atoms with Gasteiger partial charge in [-0.1, -0.05) is 12.8 Å². The molecule has 0 aliphatic heterocycles. The Morgan fingerprint density at radius 1 is 1.43 bits per heavy atom. The van der Waals surface area contributed by atoms with Gasteiger partial charge in [0, 0.05) is 12.6 Å². The van der Waals surface area contributed by atoms with Crippen LogP contribution in [-0.2, 0) is 0 Å². The maximum absolute atomic E-state index is 4.12. The normalized spacial score (nSPS) is 15.5. The highest BCUT2D eigenvalue weighted by atomic mass is 79.9. The molecule has 4 heteroatoms. The first kappa shape index (κ1) is 9.90. The van der Waals surface area contributed by atoms with Gasteiger partial charge in [0.05, 0.1) is 0 Å². The van der Waals surface area contributed by atoms with E-state index in [1.807, 2.05) is 6.07 Å². The van der Waals surface area contributed by atoms with Crippen molar-refractivity contribution in [1.82, 2.24) is 9.97 Å². The molecule has 0 unspecified atom stereocenters. The van der Waals surface area contributed by atoms with Crippen LogP contribution in [0, 0.1) is 5.92 Å². The van der Waals surface area contributed by atoms with Gasteiger partial charge in [0.2, 0.25) is 0 Å². The molecule has 1 saturated carbocycles. The molecule has 0 aromatic carbocycles. The minimum absolute atomic E-state index is 0.831. The number of nitrogens with one attached hydrogen (secondary N) is 1. The summed E-state index contributed by atoms with van der Waals surface area (Å²) < 4.78 is 0.831. The van der Waals surface area contributed by atoms with Gasteiger partial charge in [-0.2, -0.15) is 0 Å². The number of hydrogen-bond acceptors (Lipinski definition) is 3. The number of rotatable bonds is 5. The largest absolute Gasteiger partial charge is 0.370 e. The first-order chi connectivity index (χ1) is 6.84. The number of halogens is 1. The topological polar surface area (TPSA) is 37.8 Å². The first-order valence-electron chi connectivity index (χ1n) is 5.06. The van der Waals surface area contributed by atoms with Crippen molar-refractivity contribution in [2.24, 2.45) is 5.92 Å². The van der Waals surface area contributed by atoms with Crippen LogP contribution in [0.4, 0.5) is 5.82 Å². The lowest BCUT2D eigenvalue weighted by atomic mass is 10.2. The predicted octanol–water partition coefficient (Wildman–Crippen LogP) is 2.84. The highest BCUT2D eigenvalue weighted by molar-refractivity contribution is 9.10. The van der Waals surface area contributed by atoms with Crippen molar-refractivity contribution in [2.75, 3.05) is 11.9 Å². The van der Waals surface area contributed by atoms with E-state index in [2.05, 4.69) is 31.2 Å². The number of nitrogens with zero attached hydrogens (tertiary/aromatic N) is 2. The fraction of sp³-hybridized carbons (Fsp3) is 0.600. The summed E-state index contributed by atoms with van der Waals surface area (Å²) in [6.45, 7) is 1.01.